The number of ether oxygens (including phenoxy) is 3. The van der Waals surface area contributed by atoms with E-state index in [4.69, 9.17) is 14.2 Å². The van der Waals surface area contributed by atoms with Gasteiger partial charge in [-0.25, -0.2) is 0 Å². The van der Waals surface area contributed by atoms with Crippen LogP contribution < -0.4 is 19.5 Å². The number of hydrogen-bond donors (Lipinski definition) is 1. The molecule has 2 aromatic rings. The van der Waals surface area contributed by atoms with Crippen molar-refractivity contribution in [3.05, 3.63) is 53.6 Å². The summed E-state index contributed by atoms with van der Waals surface area (Å²) in [6.45, 7) is 2.03. The van der Waals surface area contributed by atoms with Gasteiger partial charge in [-0.15, -0.1) is 0 Å². The molecule has 1 atom stereocenters. The first-order chi connectivity index (χ1) is 11.6. The van der Waals surface area contributed by atoms with Gasteiger partial charge in [-0.1, -0.05) is 37.3 Å². The molecule has 0 aliphatic carbocycles. The van der Waals surface area contributed by atoms with Crippen LogP contribution in [0.4, 0.5) is 0 Å². The second kappa shape index (κ2) is 8.24. The zero-order chi connectivity index (χ0) is 17.5. The molecule has 0 aromatic heterocycles. The van der Waals surface area contributed by atoms with Gasteiger partial charge in [-0.05, 0) is 12.0 Å². The van der Waals surface area contributed by atoms with Crippen molar-refractivity contribution in [2.45, 2.75) is 19.4 Å². The minimum absolute atomic E-state index is 0.0727. The third-order valence-corrected chi connectivity index (χ3v) is 3.87. The Morgan fingerprint density at radius 2 is 1.54 bits per heavy atom. The van der Waals surface area contributed by atoms with Gasteiger partial charge in [0.25, 0.3) is 5.91 Å². The Morgan fingerprint density at radius 3 is 2.08 bits per heavy atom. The summed E-state index contributed by atoms with van der Waals surface area (Å²) in [5.41, 5.74) is 1.47. The summed E-state index contributed by atoms with van der Waals surface area (Å²) < 4.78 is 15.9. The highest BCUT2D eigenvalue weighted by molar-refractivity contribution is 5.98. The molecular formula is C19H23NO4. The molecule has 0 spiro atoms. The zero-order valence-electron chi connectivity index (χ0n) is 14.5. The van der Waals surface area contributed by atoms with Crippen LogP contribution in [-0.4, -0.2) is 27.2 Å². The van der Waals surface area contributed by atoms with Crippen LogP contribution in [0.5, 0.6) is 17.2 Å². The van der Waals surface area contributed by atoms with Crippen molar-refractivity contribution >= 4 is 5.91 Å². The minimum atomic E-state index is -0.219. The molecule has 0 saturated heterocycles. The van der Waals surface area contributed by atoms with Gasteiger partial charge in [0, 0.05) is 12.1 Å². The molecular weight excluding hydrogens is 306 g/mol. The van der Waals surface area contributed by atoms with Crippen molar-refractivity contribution in [2.24, 2.45) is 0 Å². The summed E-state index contributed by atoms with van der Waals surface area (Å²) in [5, 5.41) is 3.05. The maximum absolute atomic E-state index is 12.7. The molecule has 1 amide bonds. The van der Waals surface area contributed by atoms with Crippen LogP contribution in [0.25, 0.3) is 0 Å². The summed E-state index contributed by atoms with van der Waals surface area (Å²) in [5.74, 6) is 1.22. The van der Waals surface area contributed by atoms with Crippen molar-refractivity contribution < 1.29 is 19.0 Å². The van der Waals surface area contributed by atoms with Gasteiger partial charge >= 0.3 is 0 Å². The molecule has 1 unspecified atom stereocenters. The second-order valence-electron chi connectivity index (χ2n) is 5.25. The van der Waals surface area contributed by atoms with Crippen molar-refractivity contribution in [1.29, 1.82) is 0 Å². The van der Waals surface area contributed by atoms with E-state index >= 15 is 0 Å². The number of hydrogen-bond acceptors (Lipinski definition) is 4. The summed E-state index contributed by atoms with van der Waals surface area (Å²) in [6, 6.07) is 13.1. The van der Waals surface area contributed by atoms with E-state index in [0.717, 1.165) is 12.0 Å². The van der Waals surface area contributed by atoms with Crippen LogP contribution in [0.3, 0.4) is 0 Å². The molecule has 24 heavy (non-hydrogen) atoms. The molecule has 0 saturated carbocycles. The molecule has 5 heteroatoms. The predicted octanol–water partition coefficient (Wildman–Crippen LogP) is 3.59. The molecule has 0 bridgehead atoms. The Hall–Kier alpha value is -2.69. The fourth-order valence-electron chi connectivity index (χ4n) is 2.55. The maximum Gasteiger partial charge on any atom is 0.255 e. The van der Waals surface area contributed by atoms with Gasteiger partial charge in [0.15, 0.2) is 11.5 Å². The Bertz CT molecular complexity index is 685. The molecule has 1 N–H and O–H groups in total. The molecule has 2 aromatic carbocycles. The van der Waals surface area contributed by atoms with Crippen LogP contribution in [0.1, 0.15) is 35.3 Å². The number of nitrogens with one attached hydrogen (secondary N) is 1. The van der Waals surface area contributed by atoms with Crippen molar-refractivity contribution in [2.75, 3.05) is 21.3 Å². The van der Waals surface area contributed by atoms with Gasteiger partial charge in [-0.2, -0.15) is 0 Å². The lowest BCUT2D eigenvalue weighted by molar-refractivity contribution is 0.0932. The fraction of sp³-hybridized carbons (Fsp3) is 0.316. The highest BCUT2D eigenvalue weighted by atomic mass is 16.5. The standard InChI is InChI=1S/C19H23NO4/c1-5-15(13-9-7-6-8-10-13)20-19(21)14-11-17(23-3)18(24-4)12-16(14)22-2/h6-12,15H,5H2,1-4H3,(H,20,21). The number of carbonyl (C=O) groups is 1. The lowest BCUT2D eigenvalue weighted by atomic mass is 10.0. The summed E-state index contributed by atoms with van der Waals surface area (Å²) in [6.07, 6.45) is 0.783. The first-order valence-corrected chi connectivity index (χ1v) is 7.80. The maximum atomic E-state index is 12.7. The van der Waals surface area contributed by atoms with Gasteiger partial charge < -0.3 is 19.5 Å². The molecule has 0 aliphatic rings. The van der Waals surface area contributed by atoms with E-state index in [1.807, 2.05) is 37.3 Å². The number of methoxy groups -OCH3 is 3. The number of benzene rings is 2. The van der Waals surface area contributed by atoms with Gasteiger partial charge in [0.05, 0.1) is 32.9 Å². The molecule has 0 heterocycles. The summed E-state index contributed by atoms with van der Waals surface area (Å²) in [4.78, 5) is 12.7. The molecule has 128 valence electrons. The zero-order valence-corrected chi connectivity index (χ0v) is 14.5. The smallest absolute Gasteiger partial charge is 0.255 e. The largest absolute Gasteiger partial charge is 0.496 e. The van der Waals surface area contributed by atoms with Gasteiger partial charge in [0.2, 0.25) is 0 Å². The van der Waals surface area contributed by atoms with Crippen LogP contribution in [-0.2, 0) is 0 Å². The molecule has 0 radical (unpaired) electrons. The van der Waals surface area contributed by atoms with Crippen LogP contribution in [0, 0.1) is 0 Å². The van der Waals surface area contributed by atoms with Crippen LogP contribution in [0.15, 0.2) is 42.5 Å². The van der Waals surface area contributed by atoms with Crippen molar-refractivity contribution in [3.63, 3.8) is 0 Å². The van der Waals surface area contributed by atoms with Crippen molar-refractivity contribution in [1.82, 2.24) is 5.32 Å². The van der Waals surface area contributed by atoms with E-state index in [9.17, 15) is 4.79 Å². The summed E-state index contributed by atoms with van der Waals surface area (Å²) in [7, 11) is 4.59. The number of carbonyl (C=O) groups excluding carboxylic acids is 1. The Kier molecular flexibility index (Phi) is 6.07. The normalized spacial score (nSPS) is 11.5. The number of rotatable bonds is 7. The van der Waals surface area contributed by atoms with Gasteiger partial charge in [-0.3, -0.25) is 4.79 Å². The highest BCUT2D eigenvalue weighted by Crippen LogP contribution is 2.34. The SMILES string of the molecule is CCC(NC(=O)c1cc(OC)c(OC)cc1OC)c1ccccc1. The van der Waals surface area contributed by atoms with E-state index in [1.54, 1.807) is 19.2 Å². The van der Waals surface area contributed by atoms with E-state index in [2.05, 4.69) is 5.32 Å². The molecule has 5 nitrogen and oxygen atoms in total. The average molecular weight is 329 g/mol. The van der Waals surface area contributed by atoms with Crippen molar-refractivity contribution in [3.8, 4) is 17.2 Å². The van der Waals surface area contributed by atoms with Crippen LogP contribution >= 0.6 is 0 Å². The monoisotopic (exact) mass is 329 g/mol. The Labute approximate surface area is 142 Å². The van der Waals surface area contributed by atoms with E-state index in [-0.39, 0.29) is 11.9 Å². The topological polar surface area (TPSA) is 56.8 Å². The van der Waals surface area contributed by atoms with Crippen LogP contribution in [0.2, 0.25) is 0 Å². The summed E-state index contributed by atoms with van der Waals surface area (Å²) >= 11 is 0. The minimum Gasteiger partial charge on any atom is -0.496 e. The molecule has 2 rings (SSSR count). The molecule has 0 fully saturated rings. The average Bonchev–Trinajstić information content (AvgIpc) is 2.65. The Morgan fingerprint density at radius 1 is 0.958 bits per heavy atom. The highest BCUT2D eigenvalue weighted by Gasteiger charge is 2.20. The predicted molar refractivity (Wildman–Crippen MR) is 93.0 cm³/mol. The lowest BCUT2D eigenvalue weighted by Gasteiger charge is -2.19. The number of amides is 1. The molecule has 0 aliphatic heterocycles. The fourth-order valence-corrected chi connectivity index (χ4v) is 2.55. The van der Waals surface area contributed by atoms with E-state index in [0.29, 0.717) is 22.8 Å². The lowest BCUT2D eigenvalue weighted by Crippen LogP contribution is -2.28. The first-order valence-electron chi connectivity index (χ1n) is 7.80. The van der Waals surface area contributed by atoms with E-state index < -0.39 is 0 Å². The second-order valence-corrected chi connectivity index (χ2v) is 5.25. The first kappa shape index (κ1) is 17.7. The van der Waals surface area contributed by atoms with E-state index in [1.165, 1.54) is 14.2 Å². The third-order valence-electron chi connectivity index (χ3n) is 3.87. The van der Waals surface area contributed by atoms with Gasteiger partial charge in [0.1, 0.15) is 5.75 Å². The Balaban J connectivity index is 2.31. The quantitative estimate of drug-likeness (QED) is 0.843. The third kappa shape index (κ3) is 3.79.